The van der Waals surface area contributed by atoms with Crippen LogP contribution in [0.15, 0.2) is 17.8 Å². The van der Waals surface area contributed by atoms with Crippen molar-refractivity contribution < 1.29 is 9.53 Å². The maximum Gasteiger partial charge on any atom is 0.275 e. The molecular weight excluding hydrogens is 278 g/mol. The van der Waals surface area contributed by atoms with Crippen LogP contribution in [-0.4, -0.2) is 34.4 Å². The number of rotatable bonds is 6. The van der Waals surface area contributed by atoms with Crippen molar-refractivity contribution in [2.24, 2.45) is 5.73 Å². The average molecular weight is 295 g/mol. The number of nitrogens with two attached hydrogens (primary N) is 1. The Morgan fingerprint density at radius 1 is 1.65 bits per heavy atom. The van der Waals surface area contributed by atoms with Gasteiger partial charge in [-0.15, -0.1) is 11.3 Å². The van der Waals surface area contributed by atoms with Crippen molar-refractivity contribution in [1.29, 1.82) is 0 Å². The first kappa shape index (κ1) is 14.6. The van der Waals surface area contributed by atoms with Crippen LogP contribution in [-0.2, 0) is 11.3 Å². The van der Waals surface area contributed by atoms with Crippen molar-refractivity contribution in [2.45, 2.75) is 19.5 Å². The van der Waals surface area contributed by atoms with Crippen molar-refractivity contribution in [3.8, 4) is 0 Å². The molecule has 2 aromatic heterocycles. The second-order valence-corrected chi connectivity index (χ2v) is 5.19. The van der Waals surface area contributed by atoms with E-state index in [4.69, 9.17) is 10.5 Å². The first-order chi connectivity index (χ1) is 9.60. The molecule has 2 heterocycles. The van der Waals surface area contributed by atoms with E-state index in [1.807, 2.05) is 6.92 Å². The lowest BCUT2D eigenvalue weighted by Gasteiger charge is -2.00. The van der Waals surface area contributed by atoms with E-state index in [2.05, 4.69) is 15.4 Å². The number of hydrogen-bond acceptors (Lipinski definition) is 6. The van der Waals surface area contributed by atoms with Crippen LogP contribution in [0.4, 0.5) is 5.69 Å². The summed E-state index contributed by atoms with van der Waals surface area (Å²) in [6.45, 7) is 3.04. The standard InChI is InChI=1S/C12H17N5O2S/c1-8(13)12-16-10(7-20-12)11(18)15-9-5-14-17(6-9)3-4-19-2/h5-8H,3-4,13H2,1-2H3,(H,15,18). The number of nitrogens with one attached hydrogen (secondary N) is 1. The van der Waals surface area contributed by atoms with Gasteiger partial charge in [0.05, 0.1) is 31.1 Å². The molecule has 1 atom stereocenters. The zero-order chi connectivity index (χ0) is 14.5. The predicted octanol–water partition coefficient (Wildman–Crippen LogP) is 1.26. The highest BCUT2D eigenvalue weighted by Crippen LogP contribution is 2.17. The highest BCUT2D eigenvalue weighted by atomic mass is 32.1. The fourth-order valence-corrected chi connectivity index (χ4v) is 2.29. The van der Waals surface area contributed by atoms with E-state index < -0.39 is 0 Å². The Kier molecular flexibility index (Phi) is 4.83. The van der Waals surface area contributed by atoms with Crippen LogP contribution in [0.3, 0.4) is 0 Å². The third kappa shape index (κ3) is 3.62. The van der Waals surface area contributed by atoms with Gasteiger partial charge in [0.15, 0.2) is 0 Å². The average Bonchev–Trinajstić information content (AvgIpc) is 3.05. The molecule has 0 radical (unpaired) electrons. The number of hydrogen-bond donors (Lipinski definition) is 2. The van der Waals surface area contributed by atoms with Crippen LogP contribution in [0.1, 0.15) is 28.5 Å². The van der Waals surface area contributed by atoms with Gasteiger partial charge in [-0.1, -0.05) is 0 Å². The molecule has 0 aromatic carbocycles. The molecule has 0 spiro atoms. The molecule has 7 nitrogen and oxygen atoms in total. The van der Waals surface area contributed by atoms with Crippen LogP contribution in [0.2, 0.25) is 0 Å². The van der Waals surface area contributed by atoms with Gasteiger partial charge in [0, 0.05) is 18.7 Å². The van der Waals surface area contributed by atoms with Gasteiger partial charge < -0.3 is 15.8 Å². The van der Waals surface area contributed by atoms with E-state index in [9.17, 15) is 4.79 Å². The molecule has 2 aromatic rings. The SMILES string of the molecule is COCCn1cc(NC(=O)c2csc(C(C)N)n2)cn1. The molecule has 0 saturated carbocycles. The minimum Gasteiger partial charge on any atom is -0.383 e. The van der Waals surface area contributed by atoms with Gasteiger partial charge in [0.1, 0.15) is 10.7 Å². The van der Waals surface area contributed by atoms with E-state index in [-0.39, 0.29) is 11.9 Å². The number of nitrogens with zero attached hydrogens (tertiary/aromatic N) is 3. The third-order valence-electron chi connectivity index (χ3n) is 2.56. The summed E-state index contributed by atoms with van der Waals surface area (Å²) in [7, 11) is 1.63. The van der Waals surface area contributed by atoms with E-state index in [0.717, 1.165) is 5.01 Å². The summed E-state index contributed by atoms with van der Waals surface area (Å²) in [5.41, 5.74) is 6.71. The molecule has 0 aliphatic heterocycles. The number of carbonyl (C=O) groups is 1. The van der Waals surface area contributed by atoms with Crippen LogP contribution in [0.5, 0.6) is 0 Å². The number of methoxy groups -OCH3 is 1. The Labute approximate surface area is 120 Å². The minimum absolute atomic E-state index is 0.168. The fraction of sp³-hybridized carbons (Fsp3) is 0.417. The fourth-order valence-electron chi connectivity index (χ4n) is 1.53. The molecule has 2 rings (SSSR count). The van der Waals surface area contributed by atoms with E-state index >= 15 is 0 Å². The quantitative estimate of drug-likeness (QED) is 0.836. The Bertz CT molecular complexity index is 578. The lowest BCUT2D eigenvalue weighted by Crippen LogP contribution is -2.13. The van der Waals surface area contributed by atoms with Gasteiger partial charge >= 0.3 is 0 Å². The molecule has 3 N–H and O–H groups in total. The Balaban J connectivity index is 1.98. The molecule has 20 heavy (non-hydrogen) atoms. The molecule has 1 unspecified atom stereocenters. The molecule has 8 heteroatoms. The highest BCUT2D eigenvalue weighted by molar-refractivity contribution is 7.09. The van der Waals surface area contributed by atoms with Crippen molar-refractivity contribution >= 4 is 22.9 Å². The van der Waals surface area contributed by atoms with Crippen molar-refractivity contribution in [1.82, 2.24) is 14.8 Å². The number of amides is 1. The summed E-state index contributed by atoms with van der Waals surface area (Å²) < 4.78 is 6.66. The van der Waals surface area contributed by atoms with Gasteiger partial charge in [-0.2, -0.15) is 5.10 Å². The van der Waals surface area contributed by atoms with E-state index in [0.29, 0.717) is 24.5 Å². The highest BCUT2D eigenvalue weighted by Gasteiger charge is 2.13. The monoisotopic (exact) mass is 295 g/mol. The molecule has 1 amide bonds. The molecule has 108 valence electrons. The number of anilines is 1. The summed E-state index contributed by atoms with van der Waals surface area (Å²) in [6, 6.07) is -0.168. The summed E-state index contributed by atoms with van der Waals surface area (Å²) in [5.74, 6) is -0.264. The van der Waals surface area contributed by atoms with Crippen molar-refractivity contribution in [3.63, 3.8) is 0 Å². The zero-order valence-corrected chi connectivity index (χ0v) is 12.2. The summed E-state index contributed by atoms with van der Waals surface area (Å²) in [6.07, 6.45) is 3.34. The van der Waals surface area contributed by atoms with Gasteiger partial charge in [-0.05, 0) is 6.92 Å². The number of thiazole rings is 1. The second kappa shape index (κ2) is 6.60. The topological polar surface area (TPSA) is 95.1 Å². The van der Waals surface area contributed by atoms with E-state index in [1.165, 1.54) is 11.3 Å². The Hall–Kier alpha value is -1.77. The maximum atomic E-state index is 12.0. The number of carbonyl (C=O) groups excluding carboxylic acids is 1. The Morgan fingerprint density at radius 3 is 3.10 bits per heavy atom. The molecule has 0 saturated heterocycles. The van der Waals surface area contributed by atoms with E-state index in [1.54, 1.807) is 29.6 Å². The summed E-state index contributed by atoms with van der Waals surface area (Å²) in [4.78, 5) is 16.2. The molecular formula is C12H17N5O2S. The van der Waals surface area contributed by atoms with Crippen LogP contribution < -0.4 is 11.1 Å². The zero-order valence-electron chi connectivity index (χ0n) is 11.4. The number of aromatic nitrogens is 3. The minimum atomic E-state index is -0.264. The van der Waals surface area contributed by atoms with Crippen LogP contribution in [0.25, 0.3) is 0 Å². The van der Waals surface area contributed by atoms with Gasteiger partial charge in [-0.3, -0.25) is 9.48 Å². The maximum absolute atomic E-state index is 12.0. The van der Waals surface area contributed by atoms with Crippen LogP contribution in [0, 0.1) is 0 Å². The first-order valence-electron chi connectivity index (χ1n) is 6.14. The molecule has 0 bridgehead atoms. The largest absolute Gasteiger partial charge is 0.383 e. The molecule has 0 aliphatic rings. The summed E-state index contributed by atoms with van der Waals surface area (Å²) >= 11 is 1.38. The Morgan fingerprint density at radius 2 is 2.45 bits per heavy atom. The van der Waals surface area contributed by atoms with Gasteiger partial charge in [0.2, 0.25) is 0 Å². The summed E-state index contributed by atoms with van der Waals surface area (Å²) in [5, 5.41) is 9.30. The lowest BCUT2D eigenvalue weighted by molar-refractivity contribution is 0.102. The second-order valence-electron chi connectivity index (χ2n) is 4.30. The van der Waals surface area contributed by atoms with Crippen LogP contribution >= 0.6 is 11.3 Å². The third-order valence-corrected chi connectivity index (χ3v) is 3.61. The van der Waals surface area contributed by atoms with Gasteiger partial charge in [-0.25, -0.2) is 4.98 Å². The first-order valence-corrected chi connectivity index (χ1v) is 7.02. The van der Waals surface area contributed by atoms with Crippen molar-refractivity contribution in [2.75, 3.05) is 19.0 Å². The molecule has 0 fully saturated rings. The lowest BCUT2D eigenvalue weighted by atomic mass is 10.4. The van der Waals surface area contributed by atoms with Gasteiger partial charge in [0.25, 0.3) is 5.91 Å². The van der Waals surface area contributed by atoms with Crippen molar-refractivity contribution in [3.05, 3.63) is 28.5 Å². The molecule has 0 aliphatic carbocycles. The predicted molar refractivity (Wildman–Crippen MR) is 76.8 cm³/mol. The normalized spacial score (nSPS) is 12.3. The number of ether oxygens (including phenoxy) is 1. The smallest absolute Gasteiger partial charge is 0.275 e.